The Morgan fingerprint density at radius 3 is 2.50 bits per heavy atom. The smallest absolute Gasteiger partial charge is 0.224 e. The molecule has 0 bridgehead atoms. The fourth-order valence-corrected chi connectivity index (χ4v) is 2.61. The summed E-state index contributed by atoms with van der Waals surface area (Å²) < 4.78 is 0.246. The Labute approximate surface area is 120 Å². The molecule has 3 nitrogen and oxygen atoms in total. The Hall–Kier alpha value is -0.250. The highest BCUT2D eigenvalue weighted by Gasteiger charge is 2.60. The molecule has 0 radical (unpaired) electrons. The van der Waals surface area contributed by atoms with Gasteiger partial charge in [0.1, 0.15) is 4.49 Å². The minimum absolute atomic E-state index is 0.00986. The lowest BCUT2D eigenvalue weighted by Gasteiger charge is -2.10. The second-order valence-corrected chi connectivity index (χ2v) is 6.74. The van der Waals surface area contributed by atoms with E-state index in [2.05, 4.69) is 24.1 Å². The van der Waals surface area contributed by atoms with Crippen molar-refractivity contribution in [2.45, 2.75) is 20.3 Å². The van der Waals surface area contributed by atoms with Crippen molar-refractivity contribution in [1.82, 2.24) is 10.2 Å². The van der Waals surface area contributed by atoms with Gasteiger partial charge in [0.25, 0.3) is 0 Å². The molecule has 18 heavy (non-hydrogen) atoms. The molecule has 0 saturated heterocycles. The summed E-state index contributed by atoms with van der Waals surface area (Å²) in [5.74, 6) is 0.246. The molecule has 1 fully saturated rings. The maximum absolute atomic E-state index is 12.0. The zero-order valence-electron chi connectivity index (χ0n) is 11.5. The Kier molecular flexibility index (Phi) is 5.50. The van der Waals surface area contributed by atoms with Crippen LogP contribution in [0.1, 0.15) is 20.3 Å². The molecule has 5 heteroatoms. The van der Waals surface area contributed by atoms with Gasteiger partial charge in [-0.3, -0.25) is 4.79 Å². The molecular formula is C13H22Cl2N2O. The van der Waals surface area contributed by atoms with Crippen molar-refractivity contribution in [2.75, 3.05) is 27.2 Å². The van der Waals surface area contributed by atoms with Gasteiger partial charge in [-0.1, -0.05) is 37.0 Å². The number of allylic oxidation sites excluding steroid dienone is 1. The fourth-order valence-electron chi connectivity index (χ4n) is 2.34. The van der Waals surface area contributed by atoms with Crippen LogP contribution >= 0.6 is 23.2 Å². The van der Waals surface area contributed by atoms with Crippen LogP contribution in [0.5, 0.6) is 0 Å². The van der Waals surface area contributed by atoms with Gasteiger partial charge in [-0.25, -0.2) is 0 Å². The molecule has 0 aromatic heterocycles. The normalized spacial score (nSPS) is 24.8. The molecule has 0 unspecified atom stereocenters. The van der Waals surface area contributed by atoms with Crippen LogP contribution in [0, 0.1) is 17.3 Å². The van der Waals surface area contributed by atoms with Gasteiger partial charge in [0.15, 0.2) is 0 Å². The van der Waals surface area contributed by atoms with E-state index in [0.29, 0.717) is 6.54 Å². The summed E-state index contributed by atoms with van der Waals surface area (Å²) in [5.41, 5.74) is -0.0410. The van der Waals surface area contributed by atoms with E-state index in [1.165, 1.54) is 0 Å². The second-order valence-electron chi connectivity index (χ2n) is 5.73. The lowest BCUT2D eigenvalue weighted by atomic mass is 10.1. The number of nitrogens with zero attached hydrogens (tertiary/aromatic N) is 1. The van der Waals surface area contributed by atoms with Crippen molar-refractivity contribution >= 4 is 29.1 Å². The van der Waals surface area contributed by atoms with Gasteiger partial charge in [0.05, 0.1) is 5.92 Å². The van der Waals surface area contributed by atoms with E-state index < -0.39 is 0 Å². The van der Waals surface area contributed by atoms with Gasteiger partial charge >= 0.3 is 0 Å². The number of carbonyl (C=O) groups is 1. The maximum atomic E-state index is 12.0. The molecule has 0 spiro atoms. The van der Waals surface area contributed by atoms with Crippen LogP contribution in [-0.2, 0) is 4.79 Å². The van der Waals surface area contributed by atoms with Crippen LogP contribution in [-0.4, -0.2) is 38.0 Å². The van der Waals surface area contributed by atoms with Crippen molar-refractivity contribution in [3.63, 3.8) is 0 Å². The maximum Gasteiger partial charge on any atom is 0.224 e. The summed E-state index contributed by atoms with van der Waals surface area (Å²) in [4.78, 5) is 14.1. The summed E-state index contributed by atoms with van der Waals surface area (Å²) in [6, 6.07) is 0. The summed E-state index contributed by atoms with van der Waals surface area (Å²) in [5, 5.41) is 2.98. The van der Waals surface area contributed by atoms with Crippen LogP contribution in [0.3, 0.4) is 0 Å². The molecule has 0 aromatic rings. The number of halogens is 2. The Morgan fingerprint density at radius 1 is 1.39 bits per heavy atom. The predicted octanol–water partition coefficient (Wildman–Crippen LogP) is 2.65. The molecule has 0 aromatic carbocycles. The van der Waals surface area contributed by atoms with Gasteiger partial charge in [-0.15, -0.1) is 0 Å². The van der Waals surface area contributed by atoms with Crippen molar-refractivity contribution < 1.29 is 4.79 Å². The third kappa shape index (κ3) is 4.15. The van der Waals surface area contributed by atoms with Crippen molar-refractivity contribution in [1.29, 1.82) is 0 Å². The van der Waals surface area contributed by atoms with Crippen LogP contribution in [0.4, 0.5) is 0 Å². The van der Waals surface area contributed by atoms with Gasteiger partial charge in [-0.05, 0) is 44.5 Å². The van der Waals surface area contributed by atoms with E-state index in [1.807, 2.05) is 14.1 Å². The molecule has 0 aliphatic heterocycles. The largest absolute Gasteiger partial charge is 0.356 e. The molecule has 1 amide bonds. The van der Waals surface area contributed by atoms with Crippen molar-refractivity contribution in [3.05, 3.63) is 10.6 Å². The molecule has 1 rings (SSSR count). The first-order valence-electron chi connectivity index (χ1n) is 6.22. The second kappa shape index (κ2) is 6.27. The molecule has 2 atom stereocenters. The average Bonchev–Trinajstić information content (AvgIpc) is 2.74. The van der Waals surface area contributed by atoms with Crippen LogP contribution < -0.4 is 5.32 Å². The van der Waals surface area contributed by atoms with Crippen molar-refractivity contribution in [3.8, 4) is 0 Å². The zero-order valence-corrected chi connectivity index (χ0v) is 13.0. The quantitative estimate of drug-likeness (QED) is 0.764. The van der Waals surface area contributed by atoms with Gasteiger partial charge < -0.3 is 10.2 Å². The van der Waals surface area contributed by atoms with Crippen LogP contribution in [0.2, 0.25) is 0 Å². The minimum atomic E-state index is -0.0410. The van der Waals surface area contributed by atoms with E-state index in [9.17, 15) is 4.79 Å². The van der Waals surface area contributed by atoms with E-state index in [-0.39, 0.29) is 27.6 Å². The first kappa shape index (κ1) is 15.8. The monoisotopic (exact) mass is 292 g/mol. The van der Waals surface area contributed by atoms with Gasteiger partial charge in [0.2, 0.25) is 5.91 Å². The Bertz CT molecular complexity index is 336. The first-order chi connectivity index (χ1) is 8.26. The lowest BCUT2D eigenvalue weighted by molar-refractivity contribution is -0.123. The standard InChI is InChI=1S/C13H22Cl2N2O/c1-13(2)9(8-10(14)15)11(13)12(18)16-6-5-7-17(3)4/h8-9,11H,5-7H2,1-4H3,(H,16,18)/t9-,11+/m1/s1. The fraction of sp³-hybridized carbons (Fsp3) is 0.769. The summed E-state index contributed by atoms with van der Waals surface area (Å²) in [6.45, 7) is 5.82. The summed E-state index contributed by atoms with van der Waals surface area (Å²) in [6.07, 6.45) is 2.73. The first-order valence-corrected chi connectivity index (χ1v) is 6.97. The number of hydrogen-bond acceptors (Lipinski definition) is 2. The molecular weight excluding hydrogens is 271 g/mol. The average molecular weight is 293 g/mol. The zero-order chi connectivity index (χ0) is 13.9. The van der Waals surface area contributed by atoms with Gasteiger partial charge in [0, 0.05) is 6.54 Å². The molecule has 104 valence electrons. The minimum Gasteiger partial charge on any atom is -0.356 e. The predicted molar refractivity (Wildman–Crippen MR) is 76.7 cm³/mol. The van der Waals surface area contributed by atoms with E-state index in [0.717, 1.165) is 13.0 Å². The Balaban J connectivity index is 2.37. The van der Waals surface area contributed by atoms with Gasteiger partial charge in [-0.2, -0.15) is 0 Å². The van der Waals surface area contributed by atoms with Crippen LogP contribution in [0.15, 0.2) is 10.6 Å². The lowest BCUT2D eigenvalue weighted by Crippen LogP contribution is -2.29. The highest BCUT2D eigenvalue weighted by molar-refractivity contribution is 6.55. The number of hydrogen-bond donors (Lipinski definition) is 1. The van der Waals surface area contributed by atoms with E-state index in [4.69, 9.17) is 23.2 Å². The highest BCUT2D eigenvalue weighted by atomic mass is 35.5. The van der Waals surface area contributed by atoms with E-state index in [1.54, 1.807) is 6.08 Å². The third-order valence-electron chi connectivity index (χ3n) is 3.58. The topological polar surface area (TPSA) is 32.3 Å². The third-order valence-corrected chi connectivity index (χ3v) is 3.83. The molecule has 1 N–H and O–H groups in total. The summed E-state index contributed by atoms with van der Waals surface area (Å²) >= 11 is 11.3. The number of nitrogens with one attached hydrogen (secondary N) is 1. The van der Waals surface area contributed by atoms with E-state index >= 15 is 0 Å². The number of carbonyl (C=O) groups excluding carboxylic acids is 1. The number of amides is 1. The summed E-state index contributed by atoms with van der Waals surface area (Å²) in [7, 11) is 4.05. The highest BCUT2D eigenvalue weighted by Crippen LogP contribution is 2.59. The molecule has 0 heterocycles. The van der Waals surface area contributed by atoms with Crippen molar-refractivity contribution in [2.24, 2.45) is 17.3 Å². The molecule has 1 saturated carbocycles. The SMILES string of the molecule is CN(C)CCCNC(=O)[C@@H]1[C@@H](C=C(Cl)Cl)C1(C)C. The molecule has 1 aliphatic rings. The van der Waals surface area contributed by atoms with Crippen LogP contribution in [0.25, 0.3) is 0 Å². The number of rotatable bonds is 6. The molecule has 1 aliphatic carbocycles. The Morgan fingerprint density at radius 2 is 2.00 bits per heavy atom.